The molecular formula is C9H19N. The van der Waals surface area contributed by atoms with Gasteiger partial charge in [0.05, 0.1) is 0 Å². The van der Waals surface area contributed by atoms with Gasteiger partial charge in [-0.3, -0.25) is 0 Å². The van der Waals surface area contributed by atoms with Crippen LogP contribution < -0.4 is 5.73 Å². The molecule has 1 aliphatic carbocycles. The highest BCUT2D eigenvalue weighted by atomic mass is 14.7. The molecule has 0 radical (unpaired) electrons. The van der Waals surface area contributed by atoms with E-state index in [9.17, 15) is 0 Å². The molecule has 10 heavy (non-hydrogen) atoms. The van der Waals surface area contributed by atoms with E-state index in [-0.39, 0.29) is 5.54 Å². The van der Waals surface area contributed by atoms with Gasteiger partial charge < -0.3 is 5.73 Å². The van der Waals surface area contributed by atoms with Crippen LogP contribution in [0.15, 0.2) is 0 Å². The van der Waals surface area contributed by atoms with Gasteiger partial charge in [0.1, 0.15) is 0 Å². The maximum Gasteiger partial charge on any atom is 0.0151 e. The van der Waals surface area contributed by atoms with Crippen molar-refractivity contribution in [2.75, 3.05) is 0 Å². The predicted octanol–water partition coefficient (Wildman–Crippen LogP) is 2.16. The van der Waals surface area contributed by atoms with Crippen LogP contribution in [-0.4, -0.2) is 5.54 Å². The second kappa shape index (κ2) is 2.54. The van der Waals surface area contributed by atoms with Crippen molar-refractivity contribution in [3.8, 4) is 0 Å². The molecule has 0 aliphatic heterocycles. The van der Waals surface area contributed by atoms with E-state index in [1.54, 1.807) is 0 Å². The molecule has 0 aromatic heterocycles. The van der Waals surface area contributed by atoms with Crippen molar-refractivity contribution in [3.05, 3.63) is 0 Å². The first kappa shape index (κ1) is 8.06. The summed E-state index contributed by atoms with van der Waals surface area (Å²) in [6, 6.07) is 0. The Morgan fingerprint density at radius 2 is 2.00 bits per heavy atom. The van der Waals surface area contributed by atoms with Crippen LogP contribution in [0.5, 0.6) is 0 Å². The van der Waals surface area contributed by atoms with Crippen molar-refractivity contribution < 1.29 is 0 Å². The van der Waals surface area contributed by atoms with Crippen molar-refractivity contribution in [2.45, 2.75) is 45.6 Å². The minimum Gasteiger partial charge on any atom is -0.325 e. The quantitative estimate of drug-likeness (QED) is 0.549. The van der Waals surface area contributed by atoms with Crippen LogP contribution in [0, 0.1) is 11.8 Å². The summed E-state index contributed by atoms with van der Waals surface area (Å²) in [5.41, 5.74) is 6.20. The van der Waals surface area contributed by atoms with Crippen molar-refractivity contribution in [1.82, 2.24) is 0 Å². The van der Waals surface area contributed by atoms with E-state index in [0.717, 1.165) is 5.92 Å². The van der Waals surface area contributed by atoms with Gasteiger partial charge >= 0.3 is 0 Å². The van der Waals surface area contributed by atoms with E-state index < -0.39 is 0 Å². The zero-order chi connectivity index (χ0) is 7.78. The van der Waals surface area contributed by atoms with Crippen LogP contribution in [0.3, 0.4) is 0 Å². The fourth-order valence-corrected chi connectivity index (χ4v) is 1.79. The molecule has 1 fully saturated rings. The third-order valence-electron chi connectivity index (χ3n) is 3.06. The maximum atomic E-state index is 6.08. The van der Waals surface area contributed by atoms with Crippen LogP contribution >= 0.6 is 0 Å². The van der Waals surface area contributed by atoms with Crippen molar-refractivity contribution in [2.24, 2.45) is 17.6 Å². The third kappa shape index (κ3) is 1.51. The van der Waals surface area contributed by atoms with Gasteiger partial charge in [0.2, 0.25) is 0 Å². The molecule has 0 aromatic carbocycles. The highest BCUT2D eigenvalue weighted by Gasteiger charge is 2.31. The molecule has 0 amide bonds. The SMILES string of the molecule is C[C@@H]1CC[C@](C)(N)[C@@H](C)C1. The van der Waals surface area contributed by atoms with Gasteiger partial charge in [-0.05, 0) is 38.0 Å². The molecule has 0 bridgehead atoms. The highest BCUT2D eigenvalue weighted by molar-refractivity contribution is 4.89. The average Bonchev–Trinajstić information content (AvgIpc) is 1.81. The van der Waals surface area contributed by atoms with Gasteiger partial charge in [-0.25, -0.2) is 0 Å². The van der Waals surface area contributed by atoms with E-state index >= 15 is 0 Å². The van der Waals surface area contributed by atoms with Crippen LogP contribution in [0.1, 0.15) is 40.0 Å². The Bertz CT molecular complexity index is 118. The Kier molecular flexibility index (Phi) is 2.04. The third-order valence-corrected chi connectivity index (χ3v) is 3.06. The van der Waals surface area contributed by atoms with Gasteiger partial charge in [0.25, 0.3) is 0 Å². The number of rotatable bonds is 0. The van der Waals surface area contributed by atoms with Crippen LogP contribution in [0.2, 0.25) is 0 Å². The molecular weight excluding hydrogens is 122 g/mol. The monoisotopic (exact) mass is 141 g/mol. The normalized spacial score (nSPS) is 49.2. The second-order valence-corrected chi connectivity index (χ2v) is 4.29. The Balaban J connectivity index is 2.52. The number of nitrogens with two attached hydrogens (primary N) is 1. The smallest absolute Gasteiger partial charge is 0.0151 e. The minimum absolute atomic E-state index is 0.118. The first-order valence-corrected chi connectivity index (χ1v) is 4.31. The fourth-order valence-electron chi connectivity index (χ4n) is 1.79. The van der Waals surface area contributed by atoms with Gasteiger partial charge in [0.15, 0.2) is 0 Å². The zero-order valence-electron chi connectivity index (χ0n) is 7.35. The van der Waals surface area contributed by atoms with E-state index in [2.05, 4.69) is 20.8 Å². The first-order valence-electron chi connectivity index (χ1n) is 4.31. The molecule has 1 heteroatoms. The molecule has 0 aromatic rings. The van der Waals surface area contributed by atoms with E-state index in [4.69, 9.17) is 5.73 Å². The zero-order valence-corrected chi connectivity index (χ0v) is 7.35. The molecule has 1 aliphatic rings. The first-order chi connectivity index (χ1) is 4.52. The van der Waals surface area contributed by atoms with Crippen molar-refractivity contribution in [3.63, 3.8) is 0 Å². The van der Waals surface area contributed by atoms with Gasteiger partial charge in [0, 0.05) is 5.54 Å². The van der Waals surface area contributed by atoms with E-state index in [0.29, 0.717) is 5.92 Å². The lowest BCUT2D eigenvalue weighted by Gasteiger charge is -2.39. The minimum atomic E-state index is 0.118. The van der Waals surface area contributed by atoms with E-state index in [1.807, 2.05) is 0 Å². The second-order valence-electron chi connectivity index (χ2n) is 4.29. The molecule has 3 atom stereocenters. The largest absolute Gasteiger partial charge is 0.325 e. The summed E-state index contributed by atoms with van der Waals surface area (Å²) in [6.07, 6.45) is 3.83. The standard InChI is InChI=1S/C9H19N/c1-7-4-5-9(3,10)8(2)6-7/h7-8H,4-6,10H2,1-3H3/t7-,8+,9+/m1/s1. The number of hydrogen-bond acceptors (Lipinski definition) is 1. The number of hydrogen-bond donors (Lipinski definition) is 1. The average molecular weight is 141 g/mol. The molecule has 1 rings (SSSR count). The predicted molar refractivity (Wildman–Crippen MR) is 44.8 cm³/mol. The Morgan fingerprint density at radius 1 is 1.40 bits per heavy atom. The maximum absolute atomic E-state index is 6.08. The Hall–Kier alpha value is -0.0400. The van der Waals surface area contributed by atoms with Crippen LogP contribution in [0.4, 0.5) is 0 Å². The van der Waals surface area contributed by atoms with Gasteiger partial charge in [-0.2, -0.15) is 0 Å². The van der Waals surface area contributed by atoms with Crippen molar-refractivity contribution in [1.29, 1.82) is 0 Å². The summed E-state index contributed by atoms with van der Waals surface area (Å²) < 4.78 is 0. The lowest BCUT2D eigenvalue weighted by atomic mass is 9.72. The van der Waals surface area contributed by atoms with E-state index in [1.165, 1.54) is 19.3 Å². The molecule has 0 saturated heterocycles. The van der Waals surface area contributed by atoms with Crippen LogP contribution in [0.25, 0.3) is 0 Å². The van der Waals surface area contributed by atoms with Gasteiger partial charge in [-0.15, -0.1) is 0 Å². The van der Waals surface area contributed by atoms with Gasteiger partial charge in [-0.1, -0.05) is 13.8 Å². The summed E-state index contributed by atoms with van der Waals surface area (Å²) in [7, 11) is 0. The summed E-state index contributed by atoms with van der Waals surface area (Å²) in [5.74, 6) is 1.60. The van der Waals surface area contributed by atoms with Crippen molar-refractivity contribution >= 4 is 0 Å². The summed E-state index contributed by atoms with van der Waals surface area (Å²) in [6.45, 7) is 6.78. The molecule has 2 N–H and O–H groups in total. The molecule has 1 saturated carbocycles. The Labute approximate surface area is 64.0 Å². The summed E-state index contributed by atoms with van der Waals surface area (Å²) in [5, 5.41) is 0. The molecule has 1 nitrogen and oxygen atoms in total. The highest BCUT2D eigenvalue weighted by Crippen LogP contribution is 2.34. The summed E-state index contributed by atoms with van der Waals surface area (Å²) >= 11 is 0. The molecule has 60 valence electrons. The topological polar surface area (TPSA) is 26.0 Å². The summed E-state index contributed by atoms with van der Waals surface area (Å²) in [4.78, 5) is 0. The molecule has 0 heterocycles. The fraction of sp³-hybridized carbons (Fsp3) is 1.00. The Morgan fingerprint density at radius 3 is 2.40 bits per heavy atom. The molecule has 0 spiro atoms. The lowest BCUT2D eigenvalue weighted by Crippen LogP contribution is -2.46. The van der Waals surface area contributed by atoms with Crippen LogP contribution in [-0.2, 0) is 0 Å². The lowest BCUT2D eigenvalue weighted by molar-refractivity contribution is 0.181. The molecule has 0 unspecified atom stereocenters.